The number of carbonyl (C=O) groups excluding carboxylic acids is 3. The van der Waals surface area contributed by atoms with Crippen LogP contribution in [-0.4, -0.2) is 122 Å². The predicted molar refractivity (Wildman–Crippen MR) is 311 cm³/mol. The first-order chi connectivity index (χ1) is 32.4. The largest absolute Gasteiger partial charge is 0.465 e. The highest BCUT2D eigenvalue weighted by Gasteiger charge is 2.14. The van der Waals surface area contributed by atoms with E-state index < -0.39 is 0 Å². The minimum Gasteiger partial charge on any atom is -0.465 e. The molecule has 66 heavy (non-hydrogen) atoms. The lowest BCUT2D eigenvalue weighted by molar-refractivity contribution is -0.144. The van der Waals surface area contributed by atoms with Crippen LogP contribution >= 0.6 is 94.2 Å². The number of esters is 3. The average Bonchev–Trinajstić information content (AvgIpc) is 3.31. The molecular weight excluding hydrogens is 1000 g/mol. The molecule has 0 amide bonds. The molecule has 0 atom stereocenters. The van der Waals surface area contributed by atoms with Crippen molar-refractivity contribution in [3.05, 3.63) is 0 Å². The van der Waals surface area contributed by atoms with Crippen molar-refractivity contribution in [1.82, 2.24) is 9.80 Å². The molecule has 0 aromatic carbocycles. The van der Waals surface area contributed by atoms with Gasteiger partial charge in [-0.05, 0) is 75.3 Å². The molecule has 0 saturated heterocycles. The molecule has 0 aromatic rings. The van der Waals surface area contributed by atoms with Gasteiger partial charge >= 0.3 is 17.9 Å². The molecule has 0 fully saturated rings. The van der Waals surface area contributed by atoms with Gasteiger partial charge in [0.05, 0.1) is 19.3 Å². The maximum Gasteiger partial charge on any atom is 0.307 e. The Kier molecular flexibility index (Phi) is 58.7. The molecule has 0 radical (unpaired) electrons. The summed E-state index contributed by atoms with van der Waals surface area (Å²) in [6.45, 7) is 11.3. The van der Waals surface area contributed by atoms with Gasteiger partial charge in [0, 0.05) is 54.2 Å². The van der Waals surface area contributed by atoms with Crippen molar-refractivity contribution in [2.24, 2.45) is 0 Å². The Morgan fingerprint density at radius 1 is 0.333 bits per heavy atom. The Balaban J connectivity index is 4.35. The summed E-state index contributed by atoms with van der Waals surface area (Å²) < 4.78 is 16.6. The molecule has 0 unspecified atom stereocenters. The van der Waals surface area contributed by atoms with Crippen LogP contribution in [0.4, 0.5) is 0 Å². The van der Waals surface area contributed by atoms with Gasteiger partial charge in [-0.15, -0.1) is 0 Å². The van der Waals surface area contributed by atoms with Crippen LogP contribution in [0.2, 0.25) is 0 Å². The summed E-state index contributed by atoms with van der Waals surface area (Å²) in [5, 5.41) is 0. The van der Waals surface area contributed by atoms with E-state index in [4.69, 9.17) is 14.2 Å². The summed E-state index contributed by atoms with van der Waals surface area (Å²) in [7, 11) is 18.5. The molecule has 0 spiro atoms. The van der Waals surface area contributed by atoms with Crippen molar-refractivity contribution < 1.29 is 28.6 Å². The number of carbonyl (C=O) groups is 3. The number of hydrogen-bond donors (Lipinski definition) is 0. The summed E-state index contributed by atoms with van der Waals surface area (Å²) in [6.07, 6.45) is 34.1. The van der Waals surface area contributed by atoms with Gasteiger partial charge in [0.25, 0.3) is 0 Å². The van der Waals surface area contributed by atoms with Crippen LogP contribution in [0.1, 0.15) is 201 Å². The van der Waals surface area contributed by atoms with E-state index in [-0.39, 0.29) is 17.9 Å². The normalized spacial score (nSPS) is 11.5. The zero-order chi connectivity index (χ0) is 48.1. The molecule has 0 aliphatic heterocycles. The maximum atomic E-state index is 12.7. The summed E-state index contributed by atoms with van der Waals surface area (Å²) in [5.41, 5.74) is 0. The summed E-state index contributed by atoms with van der Waals surface area (Å²) >= 11 is 0. The summed E-state index contributed by atoms with van der Waals surface area (Å²) in [5.74, 6) is 5.36. The van der Waals surface area contributed by atoms with Crippen LogP contribution in [0.25, 0.3) is 0 Å². The molecule has 17 heteroatoms. The van der Waals surface area contributed by atoms with Gasteiger partial charge < -0.3 is 24.0 Å². The van der Waals surface area contributed by atoms with E-state index in [9.17, 15) is 14.4 Å². The van der Waals surface area contributed by atoms with E-state index in [1.165, 1.54) is 171 Å². The van der Waals surface area contributed by atoms with Gasteiger partial charge in [-0.25, -0.2) is 0 Å². The molecule has 0 aliphatic carbocycles. The van der Waals surface area contributed by atoms with Gasteiger partial charge in [-0.3, -0.25) is 14.4 Å². The van der Waals surface area contributed by atoms with Gasteiger partial charge in [0.2, 0.25) is 0 Å². The van der Waals surface area contributed by atoms with E-state index in [1.807, 2.05) is 49.3 Å². The van der Waals surface area contributed by atoms with E-state index in [1.54, 1.807) is 52.0 Å². The third-order valence-corrected chi connectivity index (χ3v) is 23.7. The van der Waals surface area contributed by atoms with Crippen molar-refractivity contribution in [1.29, 1.82) is 0 Å². The van der Waals surface area contributed by atoms with Crippen molar-refractivity contribution >= 4 is 112 Å². The molecule has 0 aromatic heterocycles. The minimum atomic E-state index is -0.195. The smallest absolute Gasteiger partial charge is 0.307 e. The fourth-order valence-electron chi connectivity index (χ4n) is 6.77. The highest BCUT2D eigenvalue weighted by atomic mass is 33.5. The van der Waals surface area contributed by atoms with Crippen LogP contribution in [0.5, 0.6) is 0 Å². The predicted octanol–water partition coefficient (Wildman–Crippen LogP) is 16.9. The SMILES string of the molecule is CCCCCCCCCCSSSCCOC(=O)CCN(C)CCCN(CCC(=O)OCCSSSCCCCCCCCCC)CCC(=O)OCCSSSCCCCCCCCCC. The van der Waals surface area contributed by atoms with Crippen LogP contribution < -0.4 is 0 Å². The molecule has 0 heterocycles. The van der Waals surface area contributed by atoms with E-state index >= 15 is 0 Å². The van der Waals surface area contributed by atoms with Crippen molar-refractivity contribution in [3.8, 4) is 0 Å². The molecule has 0 rings (SSSR count). The fourth-order valence-corrected chi connectivity index (χ4v) is 17.8. The Bertz CT molecular complexity index is 998. The zero-order valence-electron chi connectivity index (χ0n) is 42.2. The lowest BCUT2D eigenvalue weighted by Crippen LogP contribution is -2.33. The quantitative estimate of drug-likeness (QED) is 0.0250. The topological polar surface area (TPSA) is 85.4 Å². The molecule has 392 valence electrons. The Morgan fingerprint density at radius 3 is 0.955 bits per heavy atom. The highest BCUT2D eigenvalue weighted by Crippen LogP contribution is 2.36. The Morgan fingerprint density at radius 2 is 0.621 bits per heavy atom. The standard InChI is InChI=1S/C49H96N2O6S9/c1-5-8-11-14-17-20-23-26-41-58-64-61-44-38-55-47(52)30-35-50(4)33-29-34-51(36-31-48(53)56-39-45-62-65-59-42-27-24-21-18-15-12-9-6-2)37-32-49(54)57-40-46-63-66-60-43-28-25-22-19-16-13-10-7-3/h5-46H2,1-4H3. The lowest BCUT2D eigenvalue weighted by atomic mass is 10.1. The number of rotatable bonds is 55. The van der Waals surface area contributed by atoms with E-state index in [2.05, 4.69) is 30.6 Å². The van der Waals surface area contributed by atoms with Crippen molar-refractivity contribution in [3.63, 3.8) is 0 Å². The van der Waals surface area contributed by atoms with Crippen molar-refractivity contribution in [2.75, 3.05) is 94.1 Å². The second-order valence-electron chi connectivity index (χ2n) is 17.0. The third-order valence-electron chi connectivity index (χ3n) is 10.8. The Labute approximate surface area is 441 Å². The number of ether oxygens (including phenoxy) is 3. The second-order valence-corrected chi connectivity index (χ2v) is 30.4. The van der Waals surface area contributed by atoms with E-state index in [0.717, 1.165) is 36.8 Å². The molecule has 0 N–H and O–H groups in total. The van der Waals surface area contributed by atoms with Crippen LogP contribution in [0, 0.1) is 0 Å². The Hall–Kier alpha value is 1.48. The fraction of sp³-hybridized carbons (Fsp3) is 0.939. The summed E-state index contributed by atoms with van der Waals surface area (Å²) in [6, 6.07) is 0. The van der Waals surface area contributed by atoms with Crippen LogP contribution in [0.3, 0.4) is 0 Å². The van der Waals surface area contributed by atoms with E-state index in [0.29, 0.717) is 58.7 Å². The lowest BCUT2D eigenvalue weighted by Gasteiger charge is -2.23. The van der Waals surface area contributed by atoms with Crippen LogP contribution in [-0.2, 0) is 28.6 Å². The summed E-state index contributed by atoms with van der Waals surface area (Å²) in [4.78, 5) is 42.1. The first kappa shape index (κ1) is 67.5. The number of nitrogens with zero attached hydrogens (tertiary/aromatic N) is 2. The maximum absolute atomic E-state index is 12.7. The monoisotopic (exact) mass is 1100 g/mol. The second kappa shape index (κ2) is 57.4. The minimum absolute atomic E-state index is 0.151. The van der Waals surface area contributed by atoms with Crippen LogP contribution in [0.15, 0.2) is 0 Å². The zero-order valence-corrected chi connectivity index (χ0v) is 49.6. The highest BCUT2D eigenvalue weighted by molar-refractivity contribution is 9.10. The average molecular weight is 1100 g/mol. The first-order valence-electron chi connectivity index (χ1n) is 26.0. The van der Waals surface area contributed by atoms with Gasteiger partial charge in [0.1, 0.15) is 19.8 Å². The molecule has 0 saturated carbocycles. The molecule has 8 nitrogen and oxygen atoms in total. The van der Waals surface area contributed by atoms with Crippen molar-refractivity contribution in [2.45, 2.75) is 201 Å². The van der Waals surface area contributed by atoms with Gasteiger partial charge in [-0.1, -0.05) is 220 Å². The third kappa shape index (κ3) is 54.8. The first-order valence-corrected chi connectivity index (χ1v) is 37.5. The molecular formula is C49H96N2O6S9. The number of hydrogen-bond acceptors (Lipinski definition) is 17. The molecule has 0 bridgehead atoms. The van der Waals surface area contributed by atoms with Gasteiger partial charge in [0.15, 0.2) is 0 Å². The molecule has 0 aliphatic rings. The van der Waals surface area contributed by atoms with Gasteiger partial charge in [-0.2, -0.15) is 0 Å². The number of unbranched alkanes of at least 4 members (excludes halogenated alkanes) is 21.